The summed E-state index contributed by atoms with van der Waals surface area (Å²) in [4.78, 5) is 17.1. The molecule has 120 valence electrons. The highest BCUT2D eigenvalue weighted by atomic mass is 16.2. The Morgan fingerprint density at radius 3 is 2.67 bits per heavy atom. The van der Waals surface area contributed by atoms with Gasteiger partial charge in [0.2, 0.25) is 5.91 Å². The van der Waals surface area contributed by atoms with E-state index in [-0.39, 0.29) is 0 Å². The zero-order chi connectivity index (χ0) is 14.7. The van der Waals surface area contributed by atoms with Crippen molar-refractivity contribution in [1.29, 1.82) is 0 Å². The fraction of sp³-hybridized carbons (Fsp3) is 0.938. The van der Waals surface area contributed by atoms with Gasteiger partial charge in [-0.1, -0.05) is 0 Å². The summed E-state index contributed by atoms with van der Waals surface area (Å²) in [5, 5.41) is 6.56. The molecule has 3 aliphatic rings. The molecule has 2 aliphatic heterocycles. The molecule has 1 amide bonds. The van der Waals surface area contributed by atoms with Gasteiger partial charge in [-0.3, -0.25) is 4.79 Å². The summed E-state index contributed by atoms with van der Waals surface area (Å²) in [6, 6.07) is 0. The van der Waals surface area contributed by atoms with Gasteiger partial charge in [0.15, 0.2) is 0 Å². The molecule has 1 spiro atoms. The minimum absolute atomic E-state index is 0.309. The number of nitrogens with one attached hydrogen (secondary N) is 2. The first-order chi connectivity index (χ1) is 10.2. The molecule has 2 saturated heterocycles. The molecule has 1 unspecified atom stereocenters. The topological polar surface area (TPSA) is 47.6 Å². The number of piperazine rings is 1. The second-order valence-electron chi connectivity index (χ2n) is 7.16. The summed E-state index contributed by atoms with van der Waals surface area (Å²) in [5.74, 6) is 0.624. The second-order valence-corrected chi connectivity index (χ2v) is 7.16. The number of hydrogen-bond donors (Lipinski definition) is 2. The van der Waals surface area contributed by atoms with Gasteiger partial charge < -0.3 is 20.4 Å². The van der Waals surface area contributed by atoms with Crippen LogP contribution in [0.25, 0.3) is 0 Å². The standard InChI is InChI=1S/C16H30N4O/c1-19-9-11-20(12-10-19)8-2-5-18-15(21)14-13-16(14)3-6-17-7-4-16/h14,17H,2-13H2,1H3,(H,18,21). The fourth-order valence-electron chi connectivity index (χ4n) is 3.90. The number of likely N-dealkylation sites (N-methyl/N-ethyl adjacent to an activating group) is 1. The number of carbonyl (C=O) groups is 1. The molecule has 1 saturated carbocycles. The third-order valence-corrected chi connectivity index (χ3v) is 5.65. The molecule has 21 heavy (non-hydrogen) atoms. The number of rotatable bonds is 5. The number of piperidine rings is 1. The van der Waals surface area contributed by atoms with Crippen molar-refractivity contribution in [3.05, 3.63) is 0 Å². The highest BCUT2D eigenvalue weighted by Gasteiger charge is 2.57. The fourth-order valence-corrected chi connectivity index (χ4v) is 3.90. The van der Waals surface area contributed by atoms with Gasteiger partial charge in [0, 0.05) is 38.6 Å². The second kappa shape index (κ2) is 6.63. The predicted octanol–water partition coefficient (Wildman–Crippen LogP) is 0.130. The summed E-state index contributed by atoms with van der Waals surface area (Å²) in [5.41, 5.74) is 0.368. The van der Waals surface area contributed by atoms with Crippen LogP contribution in [0.5, 0.6) is 0 Å². The first kappa shape index (κ1) is 15.3. The van der Waals surface area contributed by atoms with E-state index in [9.17, 15) is 4.79 Å². The van der Waals surface area contributed by atoms with E-state index in [2.05, 4.69) is 27.5 Å². The Balaban J connectivity index is 1.29. The van der Waals surface area contributed by atoms with Gasteiger partial charge in [0.25, 0.3) is 0 Å². The smallest absolute Gasteiger partial charge is 0.223 e. The van der Waals surface area contributed by atoms with Crippen molar-refractivity contribution in [2.24, 2.45) is 11.3 Å². The molecule has 0 radical (unpaired) electrons. The third-order valence-electron chi connectivity index (χ3n) is 5.65. The molecule has 0 aromatic heterocycles. The first-order valence-corrected chi connectivity index (χ1v) is 8.59. The van der Waals surface area contributed by atoms with Crippen molar-refractivity contribution >= 4 is 5.91 Å². The monoisotopic (exact) mass is 294 g/mol. The van der Waals surface area contributed by atoms with Gasteiger partial charge in [-0.25, -0.2) is 0 Å². The van der Waals surface area contributed by atoms with Crippen LogP contribution in [0.1, 0.15) is 25.7 Å². The Morgan fingerprint density at radius 1 is 1.24 bits per heavy atom. The highest BCUT2D eigenvalue weighted by Crippen LogP contribution is 2.58. The minimum atomic E-state index is 0.309. The Hall–Kier alpha value is -0.650. The molecule has 0 aromatic carbocycles. The Bertz CT molecular complexity index is 359. The summed E-state index contributed by atoms with van der Waals surface area (Å²) < 4.78 is 0. The maximum Gasteiger partial charge on any atom is 0.223 e. The van der Waals surface area contributed by atoms with Gasteiger partial charge in [-0.2, -0.15) is 0 Å². The molecular formula is C16H30N4O. The van der Waals surface area contributed by atoms with E-state index in [0.29, 0.717) is 17.2 Å². The molecule has 0 aromatic rings. The van der Waals surface area contributed by atoms with Crippen LogP contribution in [0, 0.1) is 11.3 Å². The number of hydrogen-bond acceptors (Lipinski definition) is 4. The number of amides is 1. The molecule has 1 aliphatic carbocycles. The van der Waals surface area contributed by atoms with Crippen LogP contribution in [0.15, 0.2) is 0 Å². The third kappa shape index (κ3) is 3.76. The van der Waals surface area contributed by atoms with E-state index in [0.717, 1.165) is 39.0 Å². The molecule has 0 bridgehead atoms. The quantitative estimate of drug-likeness (QED) is 0.708. The predicted molar refractivity (Wildman–Crippen MR) is 84.2 cm³/mol. The van der Waals surface area contributed by atoms with Crippen LogP contribution in [-0.2, 0) is 4.79 Å². The van der Waals surface area contributed by atoms with E-state index in [1.807, 2.05) is 0 Å². The summed E-state index contributed by atoms with van der Waals surface area (Å²) in [6.07, 6.45) is 4.58. The van der Waals surface area contributed by atoms with Crippen LogP contribution < -0.4 is 10.6 Å². The van der Waals surface area contributed by atoms with E-state index >= 15 is 0 Å². The summed E-state index contributed by atoms with van der Waals surface area (Å²) in [7, 11) is 2.18. The van der Waals surface area contributed by atoms with Crippen LogP contribution in [0.4, 0.5) is 0 Å². The molecular weight excluding hydrogens is 264 g/mol. The van der Waals surface area contributed by atoms with Crippen molar-refractivity contribution < 1.29 is 4.79 Å². The van der Waals surface area contributed by atoms with E-state index in [1.54, 1.807) is 0 Å². The van der Waals surface area contributed by atoms with E-state index in [4.69, 9.17) is 0 Å². The number of nitrogens with zero attached hydrogens (tertiary/aromatic N) is 2. The van der Waals surface area contributed by atoms with E-state index in [1.165, 1.54) is 39.0 Å². The van der Waals surface area contributed by atoms with Crippen molar-refractivity contribution in [2.75, 3.05) is 59.4 Å². The van der Waals surface area contributed by atoms with Crippen molar-refractivity contribution in [3.8, 4) is 0 Å². The van der Waals surface area contributed by atoms with Crippen LogP contribution >= 0.6 is 0 Å². The Labute approximate surface area is 128 Å². The molecule has 3 rings (SSSR count). The van der Waals surface area contributed by atoms with E-state index < -0.39 is 0 Å². The van der Waals surface area contributed by atoms with Gasteiger partial charge >= 0.3 is 0 Å². The normalized spacial score (nSPS) is 29.5. The zero-order valence-electron chi connectivity index (χ0n) is 13.4. The average Bonchev–Trinajstić information content (AvgIpc) is 3.19. The molecule has 5 heteroatoms. The lowest BCUT2D eigenvalue weighted by Gasteiger charge is -2.32. The molecule has 1 atom stereocenters. The number of carbonyl (C=O) groups excluding carboxylic acids is 1. The van der Waals surface area contributed by atoms with Crippen LogP contribution in [-0.4, -0.2) is 75.1 Å². The summed E-state index contributed by atoms with van der Waals surface area (Å²) >= 11 is 0. The van der Waals surface area contributed by atoms with Crippen molar-refractivity contribution in [1.82, 2.24) is 20.4 Å². The maximum atomic E-state index is 12.2. The lowest BCUT2D eigenvalue weighted by atomic mass is 9.92. The highest BCUT2D eigenvalue weighted by molar-refractivity contribution is 5.82. The van der Waals surface area contributed by atoms with Gasteiger partial charge in [0.05, 0.1) is 0 Å². The minimum Gasteiger partial charge on any atom is -0.356 e. The molecule has 2 N–H and O–H groups in total. The van der Waals surface area contributed by atoms with Crippen LogP contribution in [0.2, 0.25) is 0 Å². The van der Waals surface area contributed by atoms with Crippen LogP contribution in [0.3, 0.4) is 0 Å². The van der Waals surface area contributed by atoms with Crippen molar-refractivity contribution in [3.63, 3.8) is 0 Å². The zero-order valence-corrected chi connectivity index (χ0v) is 13.4. The van der Waals surface area contributed by atoms with Gasteiger partial charge in [0.1, 0.15) is 0 Å². The molecule has 2 heterocycles. The van der Waals surface area contributed by atoms with Gasteiger partial charge in [-0.05, 0) is 57.8 Å². The SMILES string of the molecule is CN1CCN(CCCNC(=O)C2CC23CCNCC3)CC1. The Morgan fingerprint density at radius 2 is 1.95 bits per heavy atom. The lowest BCUT2D eigenvalue weighted by Crippen LogP contribution is -2.45. The first-order valence-electron chi connectivity index (χ1n) is 8.59. The van der Waals surface area contributed by atoms with Gasteiger partial charge in [-0.15, -0.1) is 0 Å². The molecule has 3 fully saturated rings. The summed E-state index contributed by atoms with van der Waals surface area (Å²) in [6.45, 7) is 8.83. The average molecular weight is 294 g/mol. The molecule has 5 nitrogen and oxygen atoms in total. The largest absolute Gasteiger partial charge is 0.356 e. The maximum absolute atomic E-state index is 12.2. The lowest BCUT2D eigenvalue weighted by molar-refractivity contribution is -0.123. The van der Waals surface area contributed by atoms with Crippen molar-refractivity contribution in [2.45, 2.75) is 25.7 Å². The Kier molecular flexibility index (Phi) is 4.82.